The van der Waals surface area contributed by atoms with Crippen molar-refractivity contribution in [2.45, 2.75) is 0 Å². The molecule has 1 fully saturated rings. The smallest absolute Gasteiger partial charge is 0.416 e. The molecule has 23 heavy (non-hydrogen) atoms. The van der Waals surface area contributed by atoms with Gasteiger partial charge in [-0.05, 0) is 24.3 Å². The first kappa shape index (κ1) is 16.9. The summed E-state index contributed by atoms with van der Waals surface area (Å²) < 4.78 is 10.1. The van der Waals surface area contributed by atoms with Crippen LogP contribution in [0, 0.1) is 0 Å². The number of benzene rings is 1. The predicted molar refractivity (Wildman–Crippen MR) is 80.5 cm³/mol. The van der Waals surface area contributed by atoms with Crippen LogP contribution in [0.2, 0.25) is 0 Å². The third-order valence-corrected chi connectivity index (χ3v) is 3.45. The molecule has 9 heteroatoms. The highest BCUT2D eigenvalue weighted by molar-refractivity contribution is 9.10. The van der Waals surface area contributed by atoms with Crippen LogP contribution in [-0.2, 0) is 19.1 Å². The van der Waals surface area contributed by atoms with Crippen LogP contribution < -0.4 is 5.32 Å². The van der Waals surface area contributed by atoms with Gasteiger partial charge in [0.15, 0.2) is 6.61 Å². The van der Waals surface area contributed by atoms with Gasteiger partial charge in [-0.3, -0.25) is 14.4 Å². The first-order chi connectivity index (χ1) is 11.0. The minimum atomic E-state index is -0.781. The Morgan fingerprint density at radius 3 is 2.57 bits per heavy atom. The van der Waals surface area contributed by atoms with Crippen LogP contribution in [0.1, 0.15) is 10.4 Å². The van der Waals surface area contributed by atoms with Crippen LogP contribution >= 0.6 is 15.9 Å². The van der Waals surface area contributed by atoms with Gasteiger partial charge < -0.3 is 14.8 Å². The Bertz CT molecular complexity index is 631. The zero-order valence-electron chi connectivity index (χ0n) is 11.9. The second kappa shape index (κ2) is 7.73. The van der Waals surface area contributed by atoms with Crippen molar-refractivity contribution in [1.82, 2.24) is 10.2 Å². The van der Waals surface area contributed by atoms with Crippen LogP contribution in [0.3, 0.4) is 0 Å². The maximum absolute atomic E-state index is 11.8. The summed E-state index contributed by atoms with van der Waals surface area (Å²) in [5.74, 6) is -1.89. The Hall–Kier alpha value is -2.42. The monoisotopic (exact) mass is 384 g/mol. The van der Waals surface area contributed by atoms with Crippen LogP contribution in [0.4, 0.5) is 4.79 Å². The molecule has 0 radical (unpaired) electrons. The number of carbonyl (C=O) groups is 4. The molecule has 1 N–H and O–H groups in total. The lowest BCUT2D eigenvalue weighted by molar-refractivity contribution is -0.149. The van der Waals surface area contributed by atoms with Crippen LogP contribution in [-0.4, -0.2) is 55.1 Å². The van der Waals surface area contributed by atoms with E-state index in [1.807, 2.05) is 0 Å². The van der Waals surface area contributed by atoms with Crippen molar-refractivity contribution in [2.75, 3.05) is 26.3 Å². The summed E-state index contributed by atoms with van der Waals surface area (Å²) in [6.45, 7) is -0.702. The number of nitrogens with zero attached hydrogens (tertiary/aromatic N) is 1. The van der Waals surface area contributed by atoms with E-state index in [1.165, 1.54) is 0 Å². The SMILES string of the molecule is O=C(CNC(=O)c1ccc(Br)cc1)OCC(=O)N1CCOC1=O. The van der Waals surface area contributed by atoms with Gasteiger partial charge in [0.25, 0.3) is 11.8 Å². The first-order valence-corrected chi connectivity index (χ1v) is 7.43. The number of ether oxygens (including phenoxy) is 2. The largest absolute Gasteiger partial charge is 0.454 e. The van der Waals surface area contributed by atoms with Gasteiger partial charge >= 0.3 is 12.1 Å². The summed E-state index contributed by atoms with van der Waals surface area (Å²) in [6, 6.07) is 6.57. The van der Waals surface area contributed by atoms with Gasteiger partial charge in [0.1, 0.15) is 13.2 Å². The summed E-state index contributed by atoms with van der Waals surface area (Å²) >= 11 is 3.25. The lowest BCUT2D eigenvalue weighted by Crippen LogP contribution is -2.37. The molecule has 122 valence electrons. The van der Waals surface area contributed by atoms with Crippen molar-refractivity contribution >= 4 is 39.8 Å². The van der Waals surface area contributed by atoms with Crippen LogP contribution in [0.15, 0.2) is 28.7 Å². The first-order valence-electron chi connectivity index (χ1n) is 6.64. The highest BCUT2D eigenvalue weighted by Gasteiger charge is 2.28. The van der Waals surface area contributed by atoms with Crippen LogP contribution in [0.25, 0.3) is 0 Å². The van der Waals surface area contributed by atoms with Gasteiger partial charge in [-0.1, -0.05) is 15.9 Å². The number of imide groups is 1. The molecule has 8 nitrogen and oxygen atoms in total. The minimum Gasteiger partial charge on any atom is -0.454 e. The molecule has 0 aromatic heterocycles. The molecule has 1 aromatic rings. The summed E-state index contributed by atoms with van der Waals surface area (Å²) in [4.78, 5) is 46.9. The Morgan fingerprint density at radius 1 is 1.26 bits per heavy atom. The van der Waals surface area contributed by atoms with Gasteiger partial charge in [0, 0.05) is 10.0 Å². The summed E-state index contributed by atoms with van der Waals surface area (Å²) in [7, 11) is 0. The third kappa shape index (κ3) is 4.78. The minimum absolute atomic E-state index is 0.127. The van der Waals surface area contributed by atoms with E-state index in [0.29, 0.717) is 5.56 Å². The highest BCUT2D eigenvalue weighted by Crippen LogP contribution is 2.10. The van der Waals surface area contributed by atoms with Gasteiger partial charge in [-0.15, -0.1) is 0 Å². The summed E-state index contributed by atoms with van der Waals surface area (Å²) in [6.07, 6.45) is -0.755. The van der Waals surface area contributed by atoms with Crippen molar-refractivity contribution in [3.05, 3.63) is 34.3 Å². The molecule has 0 saturated carbocycles. The number of hydrogen-bond donors (Lipinski definition) is 1. The molecule has 1 aromatic carbocycles. The molecule has 1 saturated heterocycles. The molecule has 3 amide bonds. The molecule has 0 aliphatic carbocycles. The number of esters is 1. The second-order valence-electron chi connectivity index (χ2n) is 4.51. The molecule has 1 aliphatic heterocycles. The highest BCUT2D eigenvalue weighted by atomic mass is 79.9. The number of carbonyl (C=O) groups excluding carboxylic acids is 4. The lowest BCUT2D eigenvalue weighted by Gasteiger charge is -2.11. The van der Waals surface area contributed by atoms with Crippen molar-refractivity contribution in [3.63, 3.8) is 0 Å². The van der Waals surface area contributed by atoms with E-state index >= 15 is 0 Å². The molecule has 0 bridgehead atoms. The van der Waals surface area contributed by atoms with E-state index in [-0.39, 0.29) is 19.7 Å². The predicted octanol–water partition coefficient (Wildman–Crippen LogP) is 0.701. The molecule has 2 rings (SSSR count). The fourth-order valence-corrected chi connectivity index (χ4v) is 2.01. The van der Waals surface area contributed by atoms with E-state index in [0.717, 1.165) is 9.37 Å². The number of nitrogens with one attached hydrogen (secondary N) is 1. The van der Waals surface area contributed by atoms with Crippen molar-refractivity contribution in [3.8, 4) is 0 Å². The van der Waals surface area contributed by atoms with E-state index in [9.17, 15) is 19.2 Å². The standard InChI is InChI=1S/C14H13BrN2O6/c15-10-3-1-9(2-4-10)13(20)16-7-12(19)23-8-11(18)17-5-6-22-14(17)21/h1-4H,5-8H2,(H,16,20). The molecule has 0 unspecified atom stereocenters. The Kier molecular flexibility index (Phi) is 5.69. The van der Waals surface area contributed by atoms with Crippen molar-refractivity contribution in [2.24, 2.45) is 0 Å². The van der Waals surface area contributed by atoms with E-state index in [4.69, 9.17) is 4.74 Å². The number of hydrogen-bond acceptors (Lipinski definition) is 6. The normalized spacial score (nSPS) is 13.4. The molecular weight excluding hydrogens is 372 g/mol. The van der Waals surface area contributed by atoms with E-state index in [2.05, 4.69) is 26.0 Å². The zero-order valence-corrected chi connectivity index (χ0v) is 13.5. The average molecular weight is 385 g/mol. The fourth-order valence-electron chi connectivity index (χ4n) is 1.75. The molecule has 0 atom stereocenters. The Balaban J connectivity index is 1.72. The number of cyclic esters (lactones) is 1. The quantitative estimate of drug-likeness (QED) is 0.749. The molecule has 1 aliphatic rings. The number of amides is 3. The maximum Gasteiger partial charge on any atom is 0.416 e. The van der Waals surface area contributed by atoms with Gasteiger partial charge in [-0.2, -0.15) is 0 Å². The Morgan fingerprint density at radius 2 is 1.96 bits per heavy atom. The van der Waals surface area contributed by atoms with Gasteiger partial charge in [0.2, 0.25) is 0 Å². The summed E-state index contributed by atoms with van der Waals surface area (Å²) in [5.41, 5.74) is 0.386. The van der Waals surface area contributed by atoms with Crippen molar-refractivity contribution < 1.29 is 28.7 Å². The van der Waals surface area contributed by atoms with E-state index < -0.39 is 30.5 Å². The van der Waals surface area contributed by atoms with Gasteiger partial charge in [-0.25, -0.2) is 9.69 Å². The average Bonchev–Trinajstić information content (AvgIpc) is 2.97. The van der Waals surface area contributed by atoms with Crippen molar-refractivity contribution in [1.29, 1.82) is 0 Å². The fraction of sp³-hybridized carbons (Fsp3) is 0.286. The molecular formula is C14H13BrN2O6. The second-order valence-corrected chi connectivity index (χ2v) is 5.43. The number of halogens is 1. The molecule has 1 heterocycles. The third-order valence-electron chi connectivity index (χ3n) is 2.92. The summed E-state index contributed by atoms with van der Waals surface area (Å²) in [5, 5.41) is 2.37. The molecule has 0 spiro atoms. The Labute approximate surface area is 139 Å². The number of rotatable bonds is 5. The van der Waals surface area contributed by atoms with E-state index in [1.54, 1.807) is 24.3 Å². The zero-order chi connectivity index (χ0) is 16.8. The van der Waals surface area contributed by atoms with Crippen LogP contribution in [0.5, 0.6) is 0 Å². The lowest BCUT2D eigenvalue weighted by atomic mass is 10.2. The maximum atomic E-state index is 11.8. The van der Waals surface area contributed by atoms with Gasteiger partial charge in [0.05, 0.1) is 6.54 Å². The topological polar surface area (TPSA) is 102 Å².